The second kappa shape index (κ2) is 8.38. The predicted molar refractivity (Wildman–Crippen MR) is 94.2 cm³/mol. The van der Waals surface area contributed by atoms with Gasteiger partial charge in [-0.2, -0.15) is 0 Å². The van der Waals surface area contributed by atoms with E-state index in [4.69, 9.17) is 25.5 Å². The van der Waals surface area contributed by atoms with E-state index in [1.165, 1.54) is 7.11 Å². The van der Waals surface area contributed by atoms with Crippen LogP contribution in [0.15, 0.2) is 41.0 Å². The Kier molecular flexibility index (Phi) is 5.96. The predicted octanol–water partition coefficient (Wildman–Crippen LogP) is 2.74. The SMILES string of the molecule is COc1ccc(Cl)cc1C(=O)NCC(c1ccco1)N1CCOCC1. The van der Waals surface area contributed by atoms with Crippen molar-refractivity contribution in [2.24, 2.45) is 0 Å². The third kappa shape index (κ3) is 4.34. The Morgan fingerprint density at radius 2 is 2.16 bits per heavy atom. The van der Waals surface area contributed by atoms with E-state index in [1.807, 2.05) is 12.1 Å². The molecule has 1 aromatic heterocycles. The number of carbonyl (C=O) groups excluding carboxylic acids is 1. The van der Waals surface area contributed by atoms with E-state index in [9.17, 15) is 4.79 Å². The molecule has 0 aliphatic carbocycles. The Morgan fingerprint density at radius 1 is 1.36 bits per heavy atom. The molecule has 0 bridgehead atoms. The maximum atomic E-state index is 12.6. The van der Waals surface area contributed by atoms with E-state index in [-0.39, 0.29) is 11.9 Å². The van der Waals surface area contributed by atoms with Gasteiger partial charge in [0.05, 0.1) is 38.2 Å². The van der Waals surface area contributed by atoms with Crippen LogP contribution in [0.3, 0.4) is 0 Å². The van der Waals surface area contributed by atoms with Crippen LogP contribution in [0.5, 0.6) is 5.75 Å². The Labute approximate surface area is 151 Å². The molecule has 25 heavy (non-hydrogen) atoms. The second-order valence-corrected chi connectivity index (χ2v) is 6.17. The van der Waals surface area contributed by atoms with Crippen molar-refractivity contribution >= 4 is 17.5 Å². The minimum atomic E-state index is -0.232. The summed E-state index contributed by atoms with van der Waals surface area (Å²) < 4.78 is 16.2. The van der Waals surface area contributed by atoms with E-state index in [0.717, 1.165) is 18.8 Å². The monoisotopic (exact) mass is 364 g/mol. The quantitative estimate of drug-likeness (QED) is 0.853. The van der Waals surface area contributed by atoms with Crippen molar-refractivity contribution in [2.75, 3.05) is 40.0 Å². The number of amides is 1. The van der Waals surface area contributed by atoms with Crippen LogP contribution in [0.4, 0.5) is 0 Å². The van der Waals surface area contributed by atoms with Crippen molar-refractivity contribution in [3.63, 3.8) is 0 Å². The number of hydrogen-bond donors (Lipinski definition) is 1. The number of morpholine rings is 1. The van der Waals surface area contributed by atoms with Crippen LogP contribution in [0.2, 0.25) is 5.02 Å². The molecular formula is C18H21ClN2O4. The van der Waals surface area contributed by atoms with Crippen LogP contribution in [-0.2, 0) is 4.74 Å². The molecule has 2 aromatic rings. The summed E-state index contributed by atoms with van der Waals surface area (Å²) in [4.78, 5) is 14.9. The largest absolute Gasteiger partial charge is 0.496 e. The molecule has 134 valence electrons. The first-order chi connectivity index (χ1) is 12.2. The lowest BCUT2D eigenvalue weighted by Crippen LogP contribution is -2.43. The summed E-state index contributed by atoms with van der Waals surface area (Å²) in [6, 6.07) is 8.70. The molecule has 2 heterocycles. The molecule has 1 aliphatic rings. The van der Waals surface area contributed by atoms with Gasteiger partial charge < -0.3 is 19.2 Å². The van der Waals surface area contributed by atoms with E-state index in [1.54, 1.807) is 24.5 Å². The minimum absolute atomic E-state index is 0.0481. The van der Waals surface area contributed by atoms with Gasteiger partial charge in [-0.05, 0) is 30.3 Å². The zero-order chi connectivity index (χ0) is 17.6. The lowest BCUT2D eigenvalue weighted by atomic mass is 10.1. The van der Waals surface area contributed by atoms with Crippen LogP contribution >= 0.6 is 11.6 Å². The fourth-order valence-electron chi connectivity index (χ4n) is 2.92. The third-order valence-electron chi connectivity index (χ3n) is 4.22. The Balaban J connectivity index is 1.72. The molecule has 1 amide bonds. The fraction of sp³-hybridized carbons (Fsp3) is 0.389. The smallest absolute Gasteiger partial charge is 0.255 e. The van der Waals surface area contributed by atoms with E-state index < -0.39 is 0 Å². The number of carbonyl (C=O) groups is 1. The number of ether oxygens (including phenoxy) is 2. The molecule has 3 rings (SSSR count). The summed E-state index contributed by atoms with van der Waals surface area (Å²) in [7, 11) is 1.53. The highest BCUT2D eigenvalue weighted by Crippen LogP contribution is 2.24. The maximum absolute atomic E-state index is 12.6. The standard InChI is InChI=1S/C18H21ClN2O4/c1-23-16-5-4-13(19)11-14(16)18(22)20-12-15(17-3-2-8-25-17)21-6-9-24-10-7-21/h2-5,8,11,15H,6-7,9-10,12H2,1H3,(H,20,22). The number of methoxy groups -OCH3 is 1. The Hall–Kier alpha value is -2.02. The summed E-state index contributed by atoms with van der Waals surface area (Å²) in [6.07, 6.45) is 1.64. The van der Waals surface area contributed by atoms with Gasteiger partial charge in [-0.1, -0.05) is 11.6 Å². The van der Waals surface area contributed by atoms with Gasteiger partial charge >= 0.3 is 0 Å². The molecule has 1 aromatic carbocycles. The van der Waals surface area contributed by atoms with Crippen molar-refractivity contribution in [1.82, 2.24) is 10.2 Å². The van der Waals surface area contributed by atoms with Crippen LogP contribution in [0.25, 0.3) is 0 Å². The topological polar surface area (TPSA) is 63.9 Å². The number of furan rings is 1. The summed E-state index contributed by atoms with van der Waals surface area (Å²) in [5.74, 6) is 1.08. The Bertz CT molecular complexity index is 699. The minimum Gasteiger partial charge on any atom is -0.496 e. The summed E-state index contributed by atoms with van der Waals surface area (Å²) in [6.45, 7) is 3.35. The van der Waals surface area contributed by atoms with Gasteiger partial charge in [-0.15, -0.1) is 0 Å². The zero-order valence-corrected chi connectivity index (χ0v) is 14.8. The van der Waals surface area contributed by atoms with Gasteiger partial charge in [0, 0.05) is 24.7 Å². The molecule has 6 nitrogen and oxygen atoms in total. The highest BCUT2D eigenvalue weighted by Gasteiger charge is 2.25. The lowest BCUT2D eigenvalue weighted by Gasteiger charge is -2.33. The van der Waals surface area contributed by atoms with Crippen LogP contribution in [0.1, 0.15) is 22.2 Å². The van der Waals surface area contributed by atoms with E-state index >= 15 is 0 Å². The highest BCUT2D eigenvalue weighted by atomic mass is 35.5. The number of nitrogens with zero attached hydrogens (tertiary/aromatic N) is 1. The normalized spacial score (nSPS) is 16.4. The molecule has 1 unspecified atom stereocenters. The zero-order valence-electron chi connectivity index (χ0n) is 14.0. The van der Waals surface area contributed by atoms with Gasteiger partial charge in [-0.25, -0.2) is 0 Å². The molecule has 0 radical (unpaired) electrons. The first kappa shape index (κ1) is 17.8. The molecule has 1 saturated heterocycles. The average Bonchev–Trinajstić information content (AvgIpc) is 3.17. The average molecular weight is 365 g/mol. The molecule has 1 aliphatic heterocycles. The molecule has 1 N–H and O–H groups in total. The first-order valence-electron chi connectivity index (χ1n) is 8.16. The second-order valence-electron chi connectivity index (χ2n) is 5.73. The third-order valence-corrected chi connectivity index (χ3v) is 4.46. The first-order valence-corrected chi connectivity index (χ1v) is 8.54. The molecule has 1 atom stereocenters. The van der Waals surface area contributed by atoms with Gasteiger partial charge in [0.2, 0.25) is 0 Å². The Morgan fingerprint density at radius 3 is 2.84 bits per heavy atom. The molecule has 0 spiro atoms. The number of rotatable bonds is 6. The number of nitrogens with one attached hydrogen (secondary N) is 1. The summed E-state index contributed by atoms with van der Waals surface area (Å²) in [5, 5.41) is 3.45. The van der Waals surface area contributed by atoms with Crippen molar-refractivity contribution in [3.8, 4) is 5.75 Å². The lowest BCUT2D eigenvalue weighted by molar-refractivity contribution is 0.0118. The fourth-order valence-corrected chi connectivity index (χ4v) is 3.09. The van der Waals surface area contributed by atoms with Crippen molar-refractivity contribution in [1.29, 1.82) is 0 Å². The van der Waals surface area contributed by atoms with Gasteiger partial charge in [0.25, 0.3) is 5.91 Å². The van der Waals surface area contributed by atoms with Crippen LogP contribution < -0.4 is 10.1 Å². The molecule has 7 heteroatoms. The molecule has 1 fully saturated rings. The van der Waals surface area contributed by atoms with Gasteiger partial charge in [-0.3, -0.25) is 9.69 Å². The van der Waals surface area contributed by atoms with Gasteiger partial charge in [0.1, 0.15) is 11.5 Å². The van der Waals surface area contributed by atoms with Crippen LogP contribution in [-0.4, -0.2) is 50.8 Å². The van der Waals surface area contributed by atoms with Gasteiger partial charge in [0.15, 0.2) is 0 Å². The number of benzene rings is 1. The van der Waals surface area contributed by atoms with E-state index in [0.29, 0.717) is 36.1 Å². The number of halogens is 1. The number of hydrogen-bond acceptors (Lipinski definition) is 5. The van der Waals surface area contributed by atoms with E-state index in [2.05, 4.69) is 10.2 Å². The maximum Gasteiger partial charge on any atom is 0.255 e. The van der Waals surface area contributed by atoms with Crippen molar-refractivity contribution in [2.45, 2.75) is 6.04 Å². The summed E-state index contributed by atoms with van der Waals surface area (Å²) >= 11 is 6.01. The highest BCUT2D eigenvalue weighted by molar-refractivity contribution is 6.31. The molecular weight excluding hydrogens is 344 g/mol. The van der Waals surface area contributed by atoms with Crippen LogP contribution in [0, 0.1) is 0 Å². The molecule has 0 saturated carbocycles. The summed E-state index contributed by atoms with van der Waals surface area (Å²) in [5.41, 5.74) is 0.412. The van der Waals surface area contributed by atoms with Crippen molar-refractivity contribution < 1.29 is 18.7 Å². The van der Waals surface area contributed by atoms with Crippen molar-refractivity contribution in [3.05, 3.63) is 52.9 Å².